The quantitative estimate of drug-likeness (QED) is 0.766. The van der Waals surface area contributed by atoms with Gasteiger partial charge < -0.3 is 10.5 Å². The van der Waals surface area contributed by atoms with Crippen molar-refractivity contribution in [1.29, 1.82) is 0 Å². The molecule has 1 saturated heterocycles. The van der Waals surface area contributed by atoms with E-state index in [2.05, 4.69) is 4.72 Å². The number of hydrogen-bond acceptors (Lipinski definition) is 4. The number of sulfonamides is 1. The average molecular weight is 328 g/mol. The number of benzene rings is 1. The molecule has 7 heteroatoms. The van der Waals surface area contributed by atoms with Gasteiger partial charge in [-0.1, -0.05) is 36.5 Å². The van der Waals surface area contributed by atoms with Gasteiger partial charge in [-0.2, -0.15) is 0 Å². The minimum atomic E-state index is -3.34. The summed E-state index contributed by atoms with van der Waals surface area (Å²) in [5.41, 5.74) is 6.96. The predicted molar refractivity (Wildman–Crippen MR) is 86.5 cm³/mol. The lowest BCUT2D eigenvalue weighted by Crippen LogP contribution is -2.33. The Morgan fingerprint density at radius 1 is 1.38 bits per heavy atom. The molecule has 0 saturated carbocycles. The maximum absolute atomic E-state index is 12.1. The van der Waals surface area contributed by atoms with Crippen LogP contribution in [0, 0.1) is 5.92 Å². The summed E-state index contributed by atoms with van der Waals surface area (Å²) >= 11 is 4.86. The van der Waals surface area contributed by atoms with Crippen LogP contribution in [0.2, 0.25) is 0 Å². The first-order valence-corrected chi connectivity index (χ1v) is 8.96. The lowest BCUT2D eigenvalue weighted by molar-refractivity contribution is 0.0568. The van der Waals surface area contributed by atoms with Crippen LogP contribution in [-0.4, -0.2) is 33.2 Å². The molecule has 1 unspecified atom stereocenters. The Morgan fingerprint density at radius 3 is 2.67 bits per heavy atom. The Labute approximate surface area is 130 Å². The second-order valence-corrected chi connectivity index (χ2v) is 7.50. The standard InChI is InChI=1S/C14H20N2O3S2/c15-14(20)13-5-3-11(4-6-13)10-21(17,18)16-8-12-2-1-7-19-9-12/h3-6,12,16H,1-2,7-10H2,(H2,15,20). The van der Waals surface area contributed by atoms with Crippen molar-refractivity contribution in [3.8, 4) is 0 Å². The van der Waals surface area contributed by atoms with Crippen molar-refractivity contribution in [2.75, 3.05) is 19.8 Å². The van der Waals surface area contributed by atoms with Gasteiger partial charge in [-0.05, 0) is 24.3 Å². The number of rotatable bonds is 6. The maximum Gasteiger partial charge on any atom is 0.215 e. The molecule has 3 N–H and O–H groups in total. The van der Waals surface area contributed by atoms with Crippen molar-refractivity contribution >= 4 is 27.2 Å². The van der Waals surface area contributed by atoms with E-state index in [1.807, 2.05) is 0 Å². The minimum absolute atomic E-state index is 0.0435. The largest absolute Gasteiger partial charge is 0.389 e. The van der Waals surface area contributed by atoms with Gasteiger partial charge in [-0.15, -0.1) is 0 Å². The van der Waals surface area contributed by atoms with Gasteiger partial charge in [-0.25, -0.2) is 13.1 Å². The minimum Gasteiger partial charge on any atom is -0.389 e. The van der Waals surface area contributed by atoms with Crippen LogP contribution in [0.25, 0.3) is 0 Å². The first-order chi connectivity index (χ1) is 9.96. The summed E-state index contributed by atoms with van der Waals surface area (Å²) in [6.45, 7) is 1.84. The number of thiocarbonyl (C=S) groups is 1. The molecule has 0 bridgehead atoms. The van der Waals surface area contributed by atoms with Crippen molar-refractivity contribution in [3.63, 3.8) is 0 Å². The van der Waals surface area contributed by atoms with Crippen molar-refractivity contribution in [2.24, 2.45) is 11.7 Å². The molecule has 0 amide bonds. The van der Waals surface area contributed by atoms with E-state index in [1.54, 1.807) is 24.3 Å². The third-order valence-corrected chi connectivity index (χ3v) is 5.00. The summed E-state index contributed by atoms with van der Waals surface area (Å²) in [5.74, 6) is 0.226. The predicted octanol–water partition coefficient (Wildman–Crippen LogP) is 1.17. The van der Waals surface area contributed by atoms with E-state index in [0.29, 0.717) is 23.7 Å². The van der Waals surface area contributed by atoms with Crippen LogP contribution in [-0.2, 0) is 20.5 Å². The Hall–Kier alpha value is -1.02. The van der Waals surface area contributed by atoms with E-state index in [1.165, 1.54) is 0 Å². The smallest absolute Gasteiger partial charge is 0.215 e. The van der Waals surface area contributed by atoms with E-state index in [-0.39, 0.29) is 11.7 Å². The van der Waals surface area contributed by atoms with E-state index in [0.717, 1.165) is 25.0 Å². The normalized spacial score (nSPS) is 19.3. The third kappa shape index (κ3) is 5.35. The summed E-state index contributed by atoms with van der Waals surface area (Å²) in [7, 11) is -3.34. The van der Waals surface area contributed by atoms with Crippen LogP contribution >= 0.6 is 12.2 Å². The molecule has 1 aromatic carbocycles. The molecule has 1 heterocycles. The lowest BCUT2D eigenvalue weighted by atomic mass is 10.0. The molecule has 1 aliphatic heterocycles. The summed E-state index contributed by atoms with van der Waals surface area (Å²) in [4.78, 5) is 0.305. The zero-order chi connectivity index (χ0) is 15.3. The second-order valence-electron chi connectivity index (χ2n) is 5.25. The molecule has 1 aromatic rings. The fourth-order valence-electron chi connectivity index (χ4n) is 2.25. The van der Waals surface area contributed by atoms with Gasteiger partial charge in [0, 0.05) is 18.7 Å². The van der Waals surface area contributed by atoms with Crippen LogP contribution in [0.5, 0.6) is 0 Å². The Balaban J connectivity index is 1.89. The highest BCUT2D eigenvalue weighted by Crippen LogP contribution is 2.13. The molecule has 2 rings (SSSR count). The van der Waals surface area contributed by atoms with E-state index < -0.39 is 10.0 Å². The molecule has 5 nitrogen and oxygen atoms in total. The zero-order valence-corrected chi connectivity index (χ0v) is 13.4. The number of nitrogens with one attached hydrogen (secondary N) is 1. The second kappa shape index (κ2) is 7.31. The first-order valence-electron chi connectivity index (χ1n) is 6.90. The fraction of sp³-hybridized carbons (Fsp3) is 0.500. The lowest BCUT2D eigenvalue weighted by Gasteiger charge is -2.22. The van der Waals surface area contributed by atoms with E-state index >= 15 is 0 Å². The highest BCUT2D eigenvalue weighted by molar-refractivity contribution is 7.88. The highest BCUT2D eigenvalue weighted by atomic mass is 32.2. The zero-order valence-electron chi connectivity index (χ0n) is 11.7. The molecule has 0 spiro atoms. The van der Waals surface area contributed by atoms with Gasteiger partial charge >= 0.3 is 0 Å². The van der Waals surface area contributed by atoms with E-state index in [4.69, 9.17) is 22.7 Å². The summed E-state index contributed by atoms with van der Waals surface area (Å²) in [6, 6.07) is 6.94. The van der Waals surface area contributed by atoms with Gasteiger partial charge in [-0.3, -0.25) is 0 Å². The number of ether oxygens (including phenoxy) is 1. The Bertz CT molecular complexity index is 579. The SMILES string of the molecule is NC(=S)c1ccc(CS(=O)(=O)NCC2CCCOC2)cc1. The van der Waals surface area contributed by atoms with Crippen LogP contribution in [0.3, 0.4) is 0 Å². The van der Waals surface area contributed by atoms with Gasteiger partial charge in [0.15, 0.2) is 0 Å². The molecule has 1 fully saturated rings. The first kappa shape index (κ1) is 16.4. The van der Waals surface area contributed by atoms with Crippen LogP contribution in [0.4, 0.5) is 0 Å². The van der Waals surface area contributed by atoms with Crippen LogP contribution < -0.4 is 10.5 Å². The third-order valence-electron chi connectivity index (χ3n) is 3.44. The molecule has 0 aliphatic carbocycles. The van der Waals surface area contributed by atoms with Gasteiger partial charge in [0.2, 0.25) is 10.0 Å². The average Bonchev–Trinajstić information content (AvgIpc) is 2.46. The van der Waals surface area contributed by atoms with Crippen molar-refractivity contribution in [1.82, 2.24) is 4.72 Å². The van der Waals surface area contributed by atoms with Crippen LogP contribution in [0.15, 0.2) is 24.3 Å². The molecule has 0 radical (unpaired) electrons. The fourth-order valence-corrected chi connectivity index (χ4v) is 3.61. The molecular formula is C14H20N2O3S2. The van der Waals surface area contributed by atoms with Crippen molar-refractivity contribution in [2.45, 2.75) is 18.6 Å². The van der Waals surface area contributed by atoms with E-state index in [9.17, 15) is 8.42 Å². The molecule has 116 valence electrons. The summed E-state index contributed by atoms with van der Waals surface area (Å²) in [6.07, 6.45) is 2.00. The van der Waals surface area contributed by atoms with Crippen molar-refractivity contribution in [3.05, 3.63) is 35.4 Å². The number of hydrogen-bond donors (Lipinski definition) is 2. The molecular weight excluding hydrogens is 308 g/mol. The highest BCUT2D eigenvalue weighted by Gasteiger charge is 2.18. The summed E-state index contributed by atoms with van der Waals surface area (Å²) in [5, 5.41) is 0. The van der Waals surface area contributed by atoms with Crippen LogP contribution in [0.1, 0.15) is 24.0 Å². The van der Waals surface area contributed by atoms with Gasteiger partial charge in [0.1, 0.15) is 4.99 Å². The topological polar surface area (TPSA) is 81.4 Å². The Kier molecular flexibility index (Phi) is 5.69. The maximum atomic E-state index is 12.1. The molecule has 1 atom stereocenters. The van der Waals surface area contributed by atoms with Crippen molar-refractivity contribution < 1.29 is 13.2 Å². The monoisotopic (exact) mass is 328 g/mol. The Morgan fingerprint density at radius 2 is 2.10 bits per heavy atom. The number of nitrogens with two attached hydrogens (primary N) is 1. The molecule has 0 aromatic heterocycles. The molecule has 1 aliphatic rings. The summed E-state index contributed by atoms with van der Waals surface area (Å²) < 4.78 is 32.1. The van der Waals surface area contributed by atoms with Gasteiger partial charge in [0.25, 0.3) is 0 Å². The van der Waals surface area contributed by atoms with Gasteiger partial charge in [0.05, 0.1) is 12.4 Å². The molecule has 21 heavy (non-hydrogen) atoms.